The molecule has 1 N–H and O–H groups in total. The van der Waals surface area contributed by atoms with Crippen LogP contribution >= 0.6 is 0 Å². The van der Waals surface area contributed by atoms with Crippen LogP contribution in [0.15, 0.2) is 0 Å². The Balaban J connectivity index is 2.03. The van der Waals surface area contributed by atoms with Crippen LogP contribution in [-0.2, 0) is 23.9 Å². The van der Waals surface area contributed by atoms with Crippen molar-refractivity contribution in [2.75, 3.05) is 37.7 Å². The van der Waals surface area contributed by atoms with Crippen LogP contribution in [0.2, 0.25) is 0 Å². The van der Waals surface area contributed by atoms with Crippen molar-refractivity contribution < 1.29 is 17.9 Å². The second-order valence-electron chi connectivity index (χ2n) is 4.82. The van der Waals surface area contributed by atoms with Crippen molar-refractivity contribution in [3.63, 3.8) is 0 Å². The van der Waals surface area contributed by atoms with E-state index in [9.17, 15) is 13.2 Å². The molecule has 0 atom stereocenters. The van der Waals surface area contributed by atoms with Gasteiger partial charge in [0.05, 0.1) is 18.9 Å². The van der Waals surface area contributed by atoms with Crippen LogP contribution in [0.3, 0.4) is 0 Å². The summed E-state index contributed by atoms with van der Waals surface area (Å²) < 4.78 is 44.7. The third-order valence-electron chi connectivity index (χ3n) is 3.48. The number of nitrogens with zero attached hydrogens (tertiary/aromatic N) is 3. The Kier molecular flexibility index (Phi) is 3.51. The van der Waals surface area contributed by atoms with Crippen molar-refractivity contribution in [2.24, 2.45) is 0 Å². The fourth-order valence-corrected chi connectivity index (χ4v) is 2.47. The number of hydrogen-bond donors (Lipinski definition) is 1. The molecule has 2 aliphatic heterocycles. The number of ether oxygens (including phenoxy) is 1. The molecule has 1 aromatic heterocycles. The molecule has 0 aromatic carbocycles. The average Bonchev–Trinajstić information content (AvgIpc) is 2.46. The summed E-state index contributed by atoms with van der Waals surface area (Å²) in [6, 6.07) is 0. The second-order valence-corrected chi connectivity index (χ2v) is 4.82. The Labute approximate surface area is 114 Å². The summed E-state index contributed by atoms with van der Waals surface area (Å²) in [4.78, 5) is 9.86. The largest absolute Gasteiger partial charge is 0.433 e. The zero-order valence-electron chi connectivity index (χ0n) is 10.8. The van der Waals surface area contributed by atoms with Gasteiger partial charge in [-0.05, 0) is 0 Å². The number of aromatic nitrogens is 2. The highest BCUT2D eigenvalue weighted by Gasteiger charge is 2.38. The number of anilines is 1. The molecule has 5 nitrogen and oxygen atoms in total. The first kappa shape index (κ1) is 13.6. The Morgan fingerprint density at radius 3 is 2.60 bits per heavy atom. The Bertz CT molecular complexity index is 500. The van der Waals surface area contributed by atoms with E-state index < -0.39 is 11.9 Å². The van der Waals surface area contributed by atoms with E-state index in [1.165, 1.54) is 0 Å². The van der Waals surface area contributed by atoms with E-state index in [4.69, 9.17) is 4.74 Å². The summed E-state index contributed by atoms with van der Waals surface area (Å²) in [5.41, 5.74) is -0.121. The van der Waals surface area contributed by atoms with E-state index in [0.717, 1.165) is 0 Å². The molecule has 3 rings (SSSR count). The fourth-order valence-electron chi connectivity index (χ4n) is 2.47. The lowest BCUT2D eigenvalue weighted by Gasteiger charge is -2.29. The highest BCUT2D eigenvalue weighted by atomic mass is 19.4. The van der Waals surface area contributed by atoms with Crippen LogP contribution < -0.4 is 10.2 Å². The molecule has 3 heterocycles. The highest BCUT2D eigenvalue weighted by Crippen LogP contribution is 2.33. The minimum atomic E-state index is -4.45. The van der Waals surface area contributed by atoms with Gasteiger partial charge in [-0.1, -0.05) is 0 Å². The summed E-state index contributed by atoms with van der Waals surface area (Å²) in [5, 5.41) is 2.94. The highest BCUT2D eigenvalue weighted by molar-refractivity contribution is 5.39. The minimum absolute atomic E-state index is 0.168. The number of fused-ring (bicyclic) bond motifs is 1. The number of hydrogen-bond acceptors (Lipinski definition) is 5. The molecule has 1 fully saturated rings. The van der Waals surface area contributed by atoms with Crippen molar-refractivity contribution in [1.82, 2.24) is 15.3 Å². The van der Waals surface area contributed by atoms with Gasteiger partial charge in [0.15, 0.2) is 5.69 Å². The normalized spacial score (nSPS) is 19.9. The standard InChI is InChI=1S/C12H15F3N4O/c13-12(14,15)10-8-7-16-2-1-9(8)17-11(18-10)19-3-5-20-6-4-19/h16H,1-7H2. The Morgan fingerprint density at radius 2 is 1.90 bits per heavy atom. The molecule has 0 saturated carbocycles. The molecule has 0 amide bonds. The van der Waals surface area contributed by atoms with Crippen LogP contribution in [0.25, 0.3) is 0 Å². The van der Waals surface area contributed by atoms with Gasteiger partial charge in [-0.25, -0.2) is 9.97 Å². The van der Waals surface area contributed by atoms with Gasteiger partial charge in [0.2, 0.25) is 5.95 Å². The molecule has 0 radical (unpaired) electrons. The smallest absolute Gasteiger partial charge is 0.378 e. The third kappa shape index (κ3) is 2.57. The zero-order chi connectivity index (χ0) is 14.2. The van der Waals surface area contributed by atoms with Crippen LogP contribution in [0, 0.1) is 0 Å². The summed E-state index contributed by atoms with van der Waals surface area (Å²) in [5.74, 6) is 0.168. The molecule has 0 spiro atoms. The van der Waals surface area contributed by atoms with Gasteiger partial charge < -0.3 is 15.0 Å². The predicted molar refractivity (Wildman–Crippen MR) is 65.5 cm³/mol. The van der Waals surface area contributed by atoms with E-state index in [-0.39, 0.29) is 18.1 Å². The van der Waals surface area contributed by atoms with Crippen molar-refractivity contribution >= 4 is 5.95 Å². The predicted octanol–water partition coefficient (Wildman–Crippen LogP) is 0.978. The summed E-state index contributed by atoms with van der Waals surface area (Å²) in [6.45, 7) is 2.84. The molecule has 1 aromatic rings. The van der Waals surface area contributed by atoms with Crippen molar-refractivity contribution in [1.29, 1.82) is 0 Å². The second kappa shape index (κ2) is 5.17. The molecule has 0 bridgehead atoms. The number of rotatable bonds is 1. The fraction of sp³-hybridized carbons (Fsp3) is 0.667. The maximum atomic E-state index is 13.2. The SMILES string of the molecule is FC(F)(F)c1nc(N2CCOCC2)nc2c1CNCC2. The number of alkyl halides is 3. The lowest BCUT2D eigenvalue weighted by Crippen LogP contribution is -2.39. The number of morpholine rings is 1. The van der Waals surface area contributed by atoms with E-state index in [0.29, 0.717) is 45.0 Å². The third-order valence-corrected chi connectivity index (χ3v) is 3.48. The summed E-state index contributed by atoms with van der Waals surface area (Å²) in [7, 11) is 0. The van der Waals surface area contributed by atoms with Crippen LogP contribution in [-0.4, -0.2) is 42.8 Å². The monoisotopic (exact) mass is 288 g/mol. The Morgan fingerprint density at radius 1 is 1.15 bits per heavy atom. The first-order valence-corrected chi connectivity index (χ1v) is 6.56. The number of nitrogens with one attached hydrogen (secondary N) is 1. The molecule has 1 saturated heterocycles. The molecular weight excluding hydrogens is 273 g/mol. The van der Waals surface area contributed by atoms with Crippen molar-refractivity contribution in [2.45, 2.75) is 19.1 Å². The van der Waals surface area contributed by atoms with Gasteiger partial charge in [0.1, 0.15) is 0 Å². The first-order chi connectivity index (χ1) is 9.55. The van der Waals surface area contributed by atoms with Crippen molar-refractivity contribution in [3.8, 4) is 0 Å². The lowest BCUT2D eigenvalue weighted by atomic mass is 10.1. The lowest BCUT2D eigenvalue weighted by molar-refractivity contribution is -0.142. The van der Waals surface area contributed by atoms with E-state index in [1.54, 1.807) is 4.90 Å². The quantitative estimate of drug-likeness (QED) is 0.835. The average molecular weight is 288 g/mol. The summed E-state index contributed by atoms with van der Waals surface area (Å²) in [6.07, 6.45) is -3.95. The van der Waals surface area contributed by atoms with Gasteiger partial charge in [-0.15, -0.1) is 0 Å². The molecule has 8 heteroatoms. The van der Waals surface area contributed by atoms with Crippen LogP contribution in [0.5, 0.6) is 0 Å². The molecule has 0 aliphatic carbocycles. The van der Waals surface area contributed by atoms with Crippen LogP contribution in [0.1, 0.15) is 17.0 Å². The molecule has 0 unspecified atom stereocenters. The number of halogens is 3. The minimum Gasteiger partial charge on any atom is -0.378 e. The molecule has 2 aliphatic rings. The van der Waals surface area contributed by atoms with E-state index in [1.807, 2.05) is 0 Å². The Hall–Kier alpha value is -1.41. The maximum absolute atomic E-state index is 13.2. The first-order valence-electron chi connectivity index (χ1n) is 6.56. The van der Waals surface area contributed by atoms with Gasteiger partial charge in [0, 0.05) is 38.2 Å². The van der Waals surface area contributed by atoms with Crippen molar-refractivity contribution in [3.05, 3.63) is 17.0 Å². The topological polar surface area (TPSA) is 50.3 Å². The molecule has 20 heavy (non-hydrogen) atoms. The van der Waals surface area contributed by atoms with Crippen LogP contribution in [0.4, 0.5) is 19.1 Å². The molecule has 110 valence electrons. The summed E-state index contributed by atoms with van der Waals surface area (Å²) >= 11 is 0. The maximum Gasteiger partial charge on any atom is 0.433 e. The molecular formula is C12H15F3N4O. The zero-order valence-corrected chi connectivity index (χ0v) is 10.8. The van der Waals surface area contributed by atoms with E-state index >= 15 is 0 Å². The van der Waals surface area contributed by atoms with Gasteiger partial charge in [0.25, 0.3) is 0 Å². The van der Waals surface area contributed by atoms with Gasteiger partial charge in [-0.3, -0.25) is 0 Å². The van der Waals surface area contributed by atoms with Gasteiger partial charge in [-0.2, -0.15) is 13.2 Å². The van der Waals surface area contributed by atoms with Gasteiger partial charge >= 0.3 is 6.18 Å². The van der Waals surface area contributed by atoms with E-state index in [2.05, 4.69) is 15.3 Å².